The molecule has 0 spiro atoms. The first kappa shape index (κ1) is 17.5. The number of hydrogen-bond donors (Lipinski definition) is 2. The van der Waals surface area contributed by atoms with E-state index in [9.17, 15) is 14.7 Å². The van der Waals surface area contributed by atoms with Gasteiger partial charge in [-0.3, -0.25) is 9.59 Å². The first-order valence-electron chi connectivity index (χ1n) is 7.69. The molecule has 7 nitrogen and oxygen atoms in total. The van der Waals surface area contributed by atoms with Crippen molar-refractivity contribution in [1.29, 1.82) is 0 Å². The zero-order chi connectivity index (χ0) is 17.4. The van der Waals surface area contributed by atoms with Crippen molar-refractivity contribution in [1.82, 2.24) is 10.5 Å². The number of hydrogen-bond acceptors (Lipinski definition) is 5. The van der Waals surface area contributed by atoms with E-state index >= 15 is 0 Å². The Morgan fingerprint density at radius 2 is 2.04 bits per heavy atom. The highest BCUT2D eigenvalue weighted by atomic mass is 16.5. The number of rotatable bonds is 9. The van der Waals surface area contributed by atoms with Crippen molar-refractivity contribution in [2.45, 2.75) is 19.8 Å². The van der Waals surface area contributed by atoms with Crippen LogP contribution in [0, 0.1) is 5.92 Å². The highest BCUT2D eigenvalue weighted by molar-refractivity contribution is 5.79. The fourth-order valence-corrected chi connectivity index (χ4v) is 2.21. The molecular weight excluding hydrogens is 312 g/mol. The number of nitrogens with one attached hydrogen (secondary N) is 1. The van der Waals surface area contributed by atoms with E-state index in [0.29, 0.717) is 18.7 Å². The molecule has 0 aliphatic heterocycles. The Balaban J connectivity index is 1.87. The molecule has 1 unspecified atom stereocenters. The van der Waals surface area contributed by atoms with Gasteiger partial charge in [0.05, 0.1) is 24.6 Å². The van der Waals surface area contributed by atoms with Gasteiger partial charge in [0.2, 0.25) is 5.91 Å². The van der Waals surface area contributed by atoms with Gasteiger partial charge >= 0.3 is 5.97 Å². The van der Waals surface area contributed by atoms with Crippen molar-refractivity contribution in [3.63, 3.8) is 0 Å². The Hall–Kier alpha value is -2.83. The van der Waals surface area contributed by atoms with Crippen molar-refractivity contribution < 1.29 is 24.0 Å². The van der Waals surface area contributed by atoms with Crippen LogP contribution < -0.4 is 10.1 Å². The van der Waals surface area contributed by atoms with Gasteiger partial charge in [0.25, 0.3) is 0 Å². The lowest BCUT2D eigenvalue weighted by molar-refractivity contribution is -0.141. The lowest BCUT2D eigenvalue weighted by atomic mass is 9.99. The third-order valence-electron chi connectivity index (χ3n) is 3.44. The molecule has 0 aliphatic rings. The number of aromatic nitrogens is 1. The summed E-state index contributed by atoms with van der Waals surface area (Å²) in [7, 11) is 0. The Morgan fingerprint density at radius 3 is 2.62 bits per heavy atom. The molecule has 1 aromatic heterocycles. The standard InChI is InChI=1S/C17H20N2O5/c1-2-23-15-5-3-12(4-6-15)9-13(17(21)22)11-18-16(20)10-14-7-8-24-19-14/h3-8,13H,2,9-11H2,1H3,(H,18,20)(H,21,22). The quantitative estimate of drug-likeness (QED) is 0.724. The van der Waals surface area contributed by atoms with E-state index in [1.165, 1.54) is 6.26 Å². The SMILES string of the molecule is CCOc1ccc(CC(CNC(=O)Cc2ccon2)C(=O)O)cc1. The first-order valence-corrected chi connectivity index (χ1v) is 7.69. The lowest BCUT2D eigenvalue weighted by Gasteiger charge is -2.14. The molecule has 0 bridgehead atoms. The number of carboxylic acids is 1. The summed E-state index contributed by atoms with van der Waals surface area (Å²) in [4.78, 5) is 23.2. The molecule has 24 heavy (non-hydrogen) atoms. The van der Waals surface area contributed by atoms with E-state index in [2.05, 4.69) is 15.0 Å². The maximum Gasteiger partial charge on any atom is 0.308 e. The van der Waals surface area contributed by atoms with E-state index in [1.807, 2.05) is 19.1 Å². The predicted molar refractivity (Wildman–Crippen MR) is 85.7 cm³/mol. The fraction of sp³-hybridized carbons (Fsp3) is 0.353. The van der Waals surface area contributed by atoms with Gasteiger partial charge in [-0.1, -0.05) is 17.3 Å². The van der Waals surface area contributed by atoms with Crippen LogP contribution in [0.15, 0.2) is 41.1 Å². The smallest absolute Gasteiger partial charge is 0.308 e. The van der Waals surface area contributed by atoms with E-state index in [0.717, 1.165) is 11.3 Å². The van der Waals surface area contributed by atoms with Crippen LogP contribution in [-0.4, -0.2) is 35.3 Å². The summed E-state index contributed by atoms with van der Waals surface area (Å²) in [5.74, 6) is -1.20. The summed E-state index contributed by atoms with van der Waals surface area (Å²) in [5.41, 5.74) is 1.38. The molecule has 1 amide bonds. The van der Waals surface area contributed by atoms with Crippen molar-refractivity contribution in [2.24, 2.45) is 5.92 Å². The monoisotopic (exact) mass is 332 g/mol. The molecule has 2 N–H and O–H groups in total. The number of carbonyl (C=O) groups excluding carboxylic acids is 1. The lowest BCUT2D eigenvalue weighted by Crippen LogP contribution is -2.35. The molecule has 1 aromatic carbocycles. The molecule has 2 rings (SSSR count). The highest BCUT2D eigenvalue weighted by Gasteiger charge is 2.19. The van der Waals surface area contributed by atoms with E-state index < -0.39 is 11.9 Å². The highest BCUT2D eigenvalue weighted by Crippen LogP contribution is 2.15. The van der Waals surface area contributed by atoms with Gasteiger partial charge in [0.1, 0.15) is 12.0 Å². The van der Waals surface area contributed by atoms with Crippen LogP contribution in [0.4, 0.5) is 0 Å². The number of nitrogens with zero attached hydrogens (tertiary/aromatic N) is 1. The molecule has 1 heterocycles. The maximum atomic E-state index is 11.8. The zero-order valence-electron chi connectivity index (χ0n) is 13.4. The Labute approximate surface area is 139 Å². The van der Waals surface area contributed by atoms with Gasteiger partial charge in [0, 0.05) is 12.6 Å². The maximum absolute atomic E-state index is 11.8. The first-order chi connectivity index (χ1) is 11.6. The number of ether oxygens (including phenoxy) is 1. The molecule has 0 saturated carbocycles. The number of aliphatic carboxylic acids is 1. The third-order valence-corrected chi connectivity index (χ3v) is 3.44. The van der Waals surface area contributed by atoms with Crippen LogP contribution in [0.25, 0.3) is 0 Å². The van der Waals surface area contributed by atoms with E-state index in [-0.39, 0.29) is 18.9 Å². The van der Waals surface area contributed by atoms with Gasteiger partial charge < -0.3 is 19.7 Å². The summed E-state index contributed by atoms with van der Waals surface area (Å²) in [6.07, 6.45) is 1.77. The molecular formula is C17H20N2O5. The van der Waals surface area contributed by atoms with E-state index in [1.54, 1.807) is 18.2 Å². The second-order valence-electron chi connectivity index (χ2n) is 5.29. The minimum Gasteiger partial charge on any atom is -0.494 e. The normalized spacial score (nSPS) is 11.7. The second kappa shape index (κ2) is 8.71. The van der Waals surface area contributed by atoms with Gasteiger partial charge in [-0.2, -0.15) is 0 Å². The van der Waals surface area contributed by atoms with Gasteiger partial charge in [-0.15, -0.1) is 0 Å². The second-order valence-corrected chi connectivity index (χ2v) is 5.29. The summed E-state index contributed by atoms with van der Waals surface area (Å²) in [5, 5.41) is 15.6. The Kier molecular flexibility index (Phi) is 6.36. The van der Waals surface area contributed by atoms with Crippen LogP contribution in [-0.2, 0) is 22.4 Å². The molecule has 0 fully saturated rings. The predicted octanol–water partition coefficient (Wildman–Crippen LogP) is 1.68. The summed E-state index contributed by atoms with van der Waals surface area (Å²) >= 11 is 0. The summed E-state index contributed by atoms with van der Waals surface area (Å²) in [6, 6.07) is 8.87. The minimum atomic E-state index is -0.953. The number of amides is 1. The number of carbonyl (C=O) groups is 2. The fourth-order valence-electron chi connectivity index (χ4n) is 2.21. The average Bonchev–Trinajstić information content (AvgIpc) is 3.06. The number of benzene rings is 1. The largest absolute Gasteiger partial charge is 0.494 e. The molecule has 7 heteroatoms. The Morgan fingerprint density at radius 1 is 1.29 bits per heavy atom. The summed E-state index contributed by atoms with van der Waals surface area (Å²) < 4.78 is 10.0. The van der Waals surface area contributed by atoms with Crippen LogP contribution in [0.5, 0.6) is 5.75 Å². The van der Waals surface area contributed by atoms with Crippen molar-refractivity contribution in [2.75, 3.05) is 13.2 Å². The number of carboxylic acid groups (broad SMARTS) is 1. The van der Waals surface area contributed by atoms with Gasteiger partial charge in [-0.05, 0) is 31.0 Å². The van der Waals surface area contributed by atoms with Crippen molar-refractivity contribution in [3.05, 3.63) is 47.9 Å². The zero-order valence-corrected chi connectivity index (χ0v) is 13.4. The summed E-state index contributed by atoms with van der Waals surface area (Å²) in [6.45, 7) is 2.53. The minimum absolute atomic E-state index is 0.0548. The molecule has 128 valence electrons. The van der Waals surface area contributed by atoms with Gasteiger partial charge in [0.15, 0.2) is 0 Å². The molecule has 0 aliphatic carbocycles. The van der Waals surface area contributed by atoms with Crippen LogP contribution in [0.3, 0.4) is 0 Å². The van der Waals surface area contributed by atoms with Crippen LogP contribution >= 0.6 is 0 Å². The van der Waals surface area contributed by atoms with Crippen molar-refractivity contribution in [3.8, 4) is 5.75 Å². The third kappa shape index (κ3) is 5.42. The molecule has 0 radical (unpaired) electrons. The van der Waals surface area contributed by atoms with E-state index in [4.69, 9.17) is 4.74 Å². The molecule has 2 aromatic rings. The Bertz CT molecular complexity index is 652. The van der Waals surface area contributed by atoms with Crippen LogP contribution in [0.2, 0.25) is 0 Å². The van der Waals surface area contributed by atoms with Crippen molar-refractivity contribution >= 4 is 11.9 Å². The van der Waals surface area contributed by atoms with Crippen LogP contribution in [0.1, 0.15) is 18.2 Å². The molecule has 0 saturated heterocycles. The molecule has 1 atom stereocenters. The topological polar surface area (TPSA) is 102 Å². The average molecular weight is 332 g/mol. The van der Waals surface area contributed by atoms with Gasteiger partial charge in [-0.25, -0.2) is 0 Å².